The van der Waals surface area contributed by atoms with Crippen LogP contribution in [0.5, 0.6) is 0 Å². The Kier molecular flexibility index (Phi) is 4.20. The molecule has 4 heteroatoms. The van der Waals surface area contributed by atoms with Crippen LogP contribution in [0.3, 0.4) is 0 Å². The number of aryl methyl sites for hydroxylation is 1. The van der Waals surface area contributed by atoms with Gasteiger partial charge < -0.3 is 10.6 Å². The lowest BCUT2D eigenvalue weighted by Crippen LogP contribution is -2.50. The van der Waals surface area contributed by atoms with Gasteiger partial charge in [-0.25, -0.2) is 4.39 Å². The Bertz CT molecular complexity index is 475. The number of hydrogen-bond donors (Lipinski definition) is 1. The summed E-state index contributed by atoms with van der Waals surface area (Å²) in [5.74, 6) is -0.735. The van der Waals surface area contributed by atoms with E-state index in [9.17, 15) is 9.18 Å². The number of halogens is 1. The maximum atomic E-state index is 13.8. The van der Waals surface area contributed by atoms with E-state index < -0.39 is 5.82 Å². The number of carbonyl (C=O) groups is 1. The lowest BCUT2D eigenvalue weighted by Gasteiger charge is -2.36. The third-order valence-electron chi connectivity index (χ3n) is 3.95. The van der Waals surface area contributed by atoms with Crippen LogP contribution < -0.4 is 5.73 Å². The number of benzene rings is 1. The zero-order valence-electron chi connectivity index (χ0n) is 11.5. The van der Waals surface area contributed by atoms with Crippen LogP contribution in [0.1, 0.15) is 41.6 Å². The second-order valence-corrected chi connectivity index (χ2v) is 5.42. The minimum Gasteiger partial charge on any atom is -0.337 e. The van der Waals surface area contributed by atoms with Crippen LogP contribution in [0.2, 0.25) is 0 Å². The number of rotatable bonds is 2. The predicted octanol–water partition coefficient (Wildman–Crippen LogP) is 2.48. The molecule has 1 amide bonds. The number of hydrogen-bond acceptors (Lipinski definition) is 2. The van der Waals surface area contributed by atoms with Crippen molar-refractivity contribution in [3.63, 3.8) is 0 Å². The van der Waals surface area contributed by atoms with E-state index in [4.69, 9.17) is 5.73 Å². The van der Waals surface area contributed by atoms with Gasteiger partial charge in [-0.1, -0.05) is 18.9 Å². The molecule has 2 atom stereocenters. The number of carbonyl (C=O) groups excluding carboxylic acids is 1. The van der Waals surface area contributed by atoms with Crippen LogP contribution in [0.4, 0.5) is 4.39 Å². The van der Waals surface area contributed by atoms with Crippen molar-refractivity contribution in [1.82, 2.24) is 4.90 Å². The fourth-order valence-corrected chi connectivity index (χ4v) is 2.76. The summed E-state index contributed by atoms with van der Waals surface area (Å²) in [7, 11) is 1.72. The van der Waals surface area contributed by atoms with Gasteiger partial charge in [-0.05, 0) is 37.5 Å². The summed E-state index contributed by atoms with van der Waals surface area (Å²) in [6.45, 7) is 1.80. The molecule has 2 N–H and O–H groups in total. The summed E-state index contributed by atoms with van der Waals surface area (Å²) in [5, 5.41) is 0. The number of nitrogens with zero attached hydrogens (tertiary/aromatic N) is 1. The van der Waals surface area contributed by atoms with E-state index in [1.54, 1.807) is 31.0 Å². The molecule has 19 heavy (non-hydrogen) atoms. The van der Waals surface area contributed by atoms with Crippen LogP contribution in [-0.4, -0.2) is 29.9 Å². The molecule has 0 bridgehead atoms. The average molecular weight is 264 g/mol. The van der Waals surface area contributed by atoms with Crippen LogP contribution >= 0.6 is 0 Å². The van der Waals surface area contributed by atoms with Gasteiger partial charge in [-0.15, -0.1) is 0 Å². The van der Waals surface area contributed by atoms with Crippen molar-refractivity contribution in [3.05, 3.63) is 35.1 Å². The largest absolute Gasteiger partial charge is 0.337 e. The maximum absolute atomic E-state index is 13.8. The highest BCUT2D eigenvalue weighted by atomic mass is 19.1. The summed E-state index contributed by atoms with van der Waals surface area (Å²) < 4.78 is 13.8. The quantitative estimate of drug-likeness (QED) is 0.892. The average Bonchev–Trinajstić information content (AvgIpc) is 2.38. The van der Waals surface area contributed by atoms with Crippen molar-refractivity contribution in [2.24, 2.45) is 5.73 Å². The number of nitrogens with two attached hydrogens (primary N) is 1. The monoisotopic (exact) mass is 264 g/mol. The van der Waals surface area contributed by atoms with Gasteiger partial charge in [0.15, 0.2) is 0 Å². The van der Waals surface area contributed by atoms with Gasteiger partial charge in [-0.2, -0.15) is 0 Å². The molecule has 2 unspecified atom stereocenters. The van der Waals surface area contributed by atoms with Crippen molar-refractivity contribution in [1.29, 1.82) is 0 Å². The van der Waals surface area contributed by atoms with Crippen molar-refractivity contribution in [3.8, 4) is 0 Å². The molecule has 0 aromatic heterocycles. The molecule has 0 spiro atoms. The molecule has 0 aliphatic heterocycles. The first kappa shape index (κ1) is 14.0. The van der Waals surface area contributed by atoms with Gasteiger partial charge in [0.1, 0.15) is 5.82 Å². The Hall–Kier alpha value is -1.42. The predicted molar refractivity (Wildman–Crippen MR) is 73.5 cm³/mol. The number of amides is 1. The topological polar surface area (TPSA) is 46.3 Å². The molecule has 104 valence electrons. The lowest BCUT2D eigenvalue weighted by atomic mass is 9.89. The summed E-state index contributed by atoms with van der Waals surface area (Å²) >= 11 is 0. The molecule has 1 aromatic carbocycles. The standard InChI is InChI=1S/C15H21FN2O/c1-10-7-8-11(12(16)9-10)15(19)18(2)14-6-4-3-5-13(14)17/h7-9,13-14H,3-6,17H2,1-2H3. The lowest BCUT2D eigenvalue weighted by molar-refractivity contribution is 0.0667. The molecule has 1 fully saturated rings. The Morgan fingerprint density at radius 3 is 2.68 bits per heavy atom. The SMILES string of the molecule is Cc1ccc(C(=O)N(C)C2CCCCC2N)c(F)c1. The van der Waals surface area contributed by atoms with Gasteiger partial charge in [0.2, 0.25) is 0 Å². The van der Waals surface area contributed by atoms with E-state index in [1.165, 1.54) is 6.07 Å². The second-order valence-electron chi connectivity index (χ2n) is 5.42. The summed E-state index contributed by atoms with van der Waals surface area (Å²) in [5.41, 5.74) is 7.01. The first-order valence-electron chi connectivity index (χ1n) is 6.79. The van der Waals surface area contributed by atoms with Crippen LogP contribution in [0, 0.1) is 12.7 Å². The zero-order valence-corrected chi connectivity index (χ0v) is 11.5. The normalized spacial score (nSPS) is 23.2. The fourth-order valence-electron chi connectivity index (χ4n) is 2.76. The van der Waals surface area contributed by atoms with E-state index in [0.717, 1.165) is 31.2 Å². The summed E-state index contributed by atoms with van der Waals surface area (Å²) in [6.07, 6.45) is 4.01. The minimum absolute atomic E-state index is 0.00351. The molecule has 2 rings (SSSR count). The number of likely N-dealkylation sites (N-methyl/N-ethyl adjacent to an activating group) is 1. The Morgan fingerprint density at radius 1 is 1.37 bits per heavy atom. The first-order chi connectivity index (χ1) is 9.00. The van der Waals surface area contributed by atoms with Gasteiger partial charge in [0.25, 0.3) is 5.91 Å². The highest BCUT2D eigenvalue weighted by Crippen LogP contribution is 2.23. The molecule has 1 aliphatic carbocycles. The van der Waals surface area contributed by atoms with Gasteiger partial charge in [-0.3, -0.25) is 4.79 Å². The molecule has 0 radical (unpaired) electrons. The van der Waals surface area contributed by atoms with Crippen LogP contribution in [0.15, 0.2) is 18.2 Å². The Balaban J connectivity index is 2.18. The van der Waals surface area contributed by atoms with Crippen LogP contribution in [0.25, 0.3) is 0 Å². The van der Waals surface area contributed by atoms with E-state index in [2.05, 4.69) is 0 Å². The first-order valence-corrected chi connectivity index (χ1v) is 6.79. The molecular weight excluding hydrogens is 243 g/mol. The van der Waals surface area contributed by atoms with Crippen molar-refractivity contribution < 1.29 is 9.18 Å². The van der Waals surface area contributed by atoms with Crippen molar-refractivity contribution >= 4 is 5.91 Å². The molecule has 0 saturated heterocycles. The zero-order chi connectivity index (χ0) is 14.0. The highest BCUT2D eigenvalue weighted by Gasteiger charge is 2.29. The van der Waals surface area contributed by atoms with Gasteiger partial charge >= 0.3 is 0 Å². The molecule has 1 aromatic rings. The van der Waals surface area contributed by atoms with Gasteiger partial charge in [0, 0.05) is 19.1 Å². The Labute approximate surface area is 113 Å². The molecular formula is C15H21FN2O. The molecule has 1 aliphatic rings. The smallest absolute Gasteiger partial charge is 0.256 e. The molecule has 3 nitrogen and oxygen atoms in total. The van der Waals surface area contributed by atoms with Gasteiger partial charge in [0.05, 0.1) is 5.56 Å². The van der Waals surface area contributed by atoms with Crippen LogP contribution in [-0.2, 0) is 0 Å². The van der Waals surface area contributed by atoms with E-state index in [0.29, 0.717) is 0 Å². The fraction of sp³-hybridized carbons (Fsp3) is 0.533. The summed E-state index contributed by atoms with van der Waals surface area (Å²) in [4.78, 5) is 14.0. The van der Waals surface area contributed by atoms with Crippen molar-refractivity contribution in [2.45, 2.75) is 44.7 Å². The third-order valence-corrected chi connectivity index (χ3v) is 3.95. The van der Waals surface area contributed by atoms with E-state index >= 15 is 0 Å². The van der Waals surface area contributed by atoms with E-state index in [-0.39, 0.29) is 23.6 Å². The van der Waals surface area contributed by atoms with Crippen molar-refractivity contribution in [2.75, 3.05) is 7.05 Å². The third kappa shape index (κ3) is 2.95. The maximum Gasteiger partial charge on any atom is 0.256 e. The molecule has 0 heterocycles. The summed E-state index contributed by atoms with van der Waals surface area (Å²) in [6, 6.07) is 4.71. The van der Waals surface area contributed by atoms with E-state index in [1.807, 2.05) is 0 Å². The molecule has 1 saturated carbocycles. The minimum atomic E-state index is -0.457. The Morgan fingerprint density at radius 2 is 2.05 bits per heavy atom. The highest BCUT2D eigenvalue weighted by molar-refractivity contribution is 5.94. The second kappa shape index (κ2) is 5.70.